The van der Waals surface area contributed by atoms with Gasteiger partial charge in [0.1, 0.15) is 0 Å². The van der Waals surface area contributed by atoms with Crippen LogP contribution in [0.2, 0.25) is 0 Å². The second-order valence-corrected chi connectivity index (χ2v) is 7.12. The zero-order chi connectivity index (χ0) is 18.2. The SMILES string of the molecule is CC.CC(C)(C)CCOC(C)(C)c1ccc(-c2nncnn2)cc1. The lowest BCUT2D eigenvalue weighted by molar-refractivity contribution is -0.0317. The average molecular weight is 330 g/mol. The maximum Gasteiger partial charge on any atom is 0.203 e. The lowest BCUT2D eigenvalue weighted by Gasteiger charge is -2.28. The summed E-state index contributed by atoms with van der Waals surface area (Å²) in [6.45, 7) is 15.6. The van der Waals surface area contributed by atoms with Crippen LogP contribution in [0.5, 0.6) is 0 Å². The van der Waals surface area contributed by atoms with E-state index in [-0.39, 0.29) is 11.0 Å². The standard InChI is InChI=1S/C17H24N4O.C2H6/c1-16(2,3)10-11-22-17(4,5)14-8-6-13(7-9-14)15-20-18-12-19-21-15;1-2/h6-9,12H,10-11H2,1-5H3;1-2H3. The van der Waals surface area contributed by atoms with Crippen molar-refractivity contribution in [1.29, 1.82) is 0 Å². The van der Waals surface area contributed by atoms with Crippen LogP contribution in [0.3, 0.4) is 0 Å². The van der Waals surface area contributed by atoms with Crippen molar-refractivity contribution in [3.05, 3.63) is 36.2 Å². The average Bonchev–Trinajstić information content (AvgIpc) is 2.56. The summed E-state index contributed by atoms with van der Waals surface area (Å²) in [7, 11) is 0. The quantitative estimate of drug-likeness (QED) is 0.798. The lowest BCUT2D eigenvalue weighted by atomic mass is 9.92. The minimum absolute atomic E-state index is 0.282. The summed E-state index contributed by atoms with van der Waals surface area (Å²) in [4.78, 5) is 0. The van der Waals surface area contributed by atoms with Crippen molar-refractivity contribution in [2.75, 3.05) is 6.61 Å². The minimum atomic E-state index is -0.322. The van der Waals surface area contributed by atoms with Crippen molar-refractivity contribution >= 4 is 0 Å². The number of hydrogen-bond acceptors (Lipinski definition) is 5. The zero-order valence-electron chi connectivity index (χ0n) is 16.0. The molecule has 1 aromatic carbocycles. The van der Waals surface area contributed by atoms with Gasteiger partial charge in [0.25, 0.3) is 0 Å². The Hall–Kier alpha value is -1.88. The highest BCUT2D eigenvalue weighted by molar-refractivity contribution is 5.54. The van der Waals surface area contributed by atoms with Crippen LogP contribution in [-0.2, 0) is 10.3 Å². The van der Waals surface area contributed by atoms with Gasteiger partial charge in [0.15, 0.2) is 6.33 Å². The first-order valence-corrected chi connectivity index (χ1v) is 8.53. The van der Waals surface area contributed by atoms with Crippen molar-refractivity contribution in [2.45, 2.75) is 60.5 Å². The van der Waals surface area contributed by atoms with Gasteiger partial charge in [0, 0.05) is 12.2 Å². The summed E-state index contributed by atoms with van der Waals surface area (Å²) in [5, 5.41) is 15.4. The molecule has 0 atom stereocenters. The van der Waals surface area contributed by atoms with E-state index in [4.69, 9.17) is 4.74 Å². The zero-order valence-corrected chi connectivity index (χ0v) is 16.0. The molecule has 0 radical (unpaired) electrons. The van der Waals surface area contributed by atoms with Gasteiger partial charge in [-0.1, -0.05) is 58.9 Å². The summed E-state index contributed by atoms with van der Waals surface area (Å²) < 4.78 is 6.08. The summed E-state index contributed by atoms with van der Waals surface area (Å²) in [5.74, 6) is 0.528. The van der Waals surface area contributed by atoms with Gasteiger partial charge in [0.05, 0.1) is 5.60 Å². The molecule has 2 aromatic rings. The van der Waals surface area contributed by atoms with E-state index in [9.17, 15) is 0 Å². The van der Waals surface area contributed by atoms with E-state index in [2.05, 4.69) is 55.0 Å². The number of nitrogens with zero attached hydrogens (tertiary/aromatic N) is 4. The number of benzene rings is 1. The molecule has 0 aliphatic heterocycles. The third-order valence-corrected chi connectivity index (χ3v) is 3.56. The summed E-state index contributed by atoms with van der Waals surface area (Å²) >= 11 is 0. The second-order valence-electron chi connectivity index (χ2n) is 7.12. The van der Waals surface area contributed by atoms with Gasteiger partial charge < -0.3 is 4.74 Å². The second kappa shape index (κ2) is 8.83. The molecule has 5 heteroatoms. The summed E-state index contributed by atoms with van der Waals surface area (Å²) in [6.07, 6.45) is 2.35. The Morgan fingerprint density at radius 1 is 0.875 bits per heavy atom. The molecule has 0 spiro atoms. The molecule has 0 amide bonds. The van der Waals surface area contributed by atoms with Crippen molar-refractivity contribution in [1.82, 2.24) is 20.4 Å². The molecule has 0 saturated carbocycles. The molecule has 2 rings (SSSR count). The predicted molar refractivity (Wildman–Crippen MR) is 97.5 cm³/mol. The van der Waals surface area contributed by atoms with E-state index in [0.29, 0.717) is 5.82 Å². The van der Waals surface area contributed by atoms with E-state index < -0.39 is 0 Å². The summed E-state index contributed by atoms with van der Waals surface area (Å²) in [5.41, 5.74) is 1.99. The van der Waals surface area contributed by atoms with Crippen LogP contribution in [-0.4, -0.2) is 27.0 Å². The van der Waals surface area contributed by atoms with E-state index in [1.165, 1.54) is 6.33 Å². The first kappa shape index (κ1) is 20.2. The Balaban J connectivity index is 0.00000139. The molecule has 0 bridgehead atoms. The van der Waals surface area contributed by atoms with E-state index >= 15 is 0 Å². The molecular formula is C19H30N4O. The van der Waals surface area contributed by atoms with Gasteiger partial charge in [0.2, 0.25) is 5.82 Å². The highest BCUT2D eigenvalue weighted by Gasteiger charge is 2.22. The van der Waals surface area contributed by atoms with Crippen molar-refractivity contribution in [3.8, 4) is 11.4 Å². The van der Waals surface area contributed by atoms with E-state index in [1.807, 2.05) is 38.1 Å². The summed E-state index contributed by atoms with van der Waals surface area (Å²) in [6, 6.07) is 8.04. The fraction of sp³-hybridized carbons (Fsp3) is 0.579. The number of ether oxygens (including phenoxy) is 1. The monoisotopic (exact) mass is 330 g/mol. The molecule has 1 heterocycles. The number of hydrogen-bond donors (Lipinski definition) is 0. The van der Waals surface area contributed by atoms with Gasteiger partial charge >= 0.3 is 0 Å². The third-order valence-electron chi connectivity index (χ3n) is 3.56. The molecule has 0 unspecified atom stereocenters. The largest absolute Gasteiger partial charge is 0.371 e. The van der Waals surface area contributed by atoms with Gasteiger partial charge in [-0.15, -0.1) is 20.4 Å². The van der Waals surface area contributed by atoms with Gasteiger partial charge in [-0.25, -0.2) is 0 Å². The molecule has 0 aliphatic carbocycles. The van der Waals surface area contributed by atoms with Crippen molar-refractivity contribution < 1.29 is 4.74 Å². The lowest BCUT2D eigenvalue weighted by Crippen LogP contribution is -2.24. The fourth-order valence-corrected chi connectivity index (χ4v) is 2.04. The Bertz CT molecular complexity index is 589. The highest BCUT2D eigenvalue weighted by Crippen LogP contribution is 2.28. The topological polar surface area (TPSA) is 60.8 Å². The van der Waals surface area contributed by atoms with Gasteiger partial charge in [-0.05, 0) is 31.2 Å². The van der Waals surface area contributed by atoms with Gasteiger partial charge in [-0.3, -0.25) is 0 Å². The Morgan fingerprint density at radius 2 is 1.42 bits per heavy atom. The van der Waals surface area contributed by atoms with Crippen LogP contribution in [0, 0.1) is 5.41 Å². The predicted octanol–water partition coefficient (Wildman–Crippen LogP) is 4.65. The van der Waals surface area contributed by atoms with Gasteiger partial charge in [-0.2, -0.15) is 0 Å². The van der Waals surface area contributed by atoms with Crippen LogP contribution in [0.25, 0.3) is 11.4 Å². The Kier molecular flexibility index (Phi) is 7.42. The van der Waals surface area contributed by atoms with E-state index in [1.54, 1.807) is 0 Å². The molecule has 1 aromatic heterocycles. The Morgan fingerprint density at radius 3 is 1.92 bits per heavy atom. The highest BCUT2D eigenvalue weighted by atomic mass is 16.5. The first-order valence-electron chi connectivity index (χ1n) is 8.53. The maximum atomic E-state index is 6.08. The van der Waals surface area contributed by atoms with Crippen LogP contribution < -0.4 is 0 Å². The van der Waals surface area contributed by atoms with Crippen molar-refractivity contribution in [3.63, 3.8) is 0 Å². The molecule has 0 N–H and O–H groups in total. The van der Waals surface area contributed by atoms with Crippen molar-refractivity contribution in [2.24, 2.45) is 5.41 Å². The van der Waals surface area contributed by atoms with Crippen LogP contribution >= 0.6 is 0 Å². The molecule has 0 fully saturated rings. The molecule has 5 nitrogen and oxygen atoms in total. The van der Waals surface area contributed by atoms with Crippen LogP contribution in [0.1, 0.15) is 60.5 Å². The third kappa shape index (κ3) is 6.32. The Labute approximate surface area is 145 Å². The number of rotatable bonds is 5. The fourth-order valence-electron chi connectivity index (χ4n) is 2.04. The molecule has 0 aliphatic rings. The molecule has 24 heavy (non-hydrogen) atoms. The normalized spacial score (nSPS) is 11.6. The minimum Gasteiger partial charge on any atom is -0.371 e. The first-order chi connectivity index (χ1) is 11.3. The van der Waals surface area contributed by atoms with Crippen LogP contribution in [0.4, 0.5) is 0 Å². The smallest absolute Gasteiger partial charge is 0.203 e. The molecule has 0 saturated heterocycles. The molecular weight excluding hydrogens is 300 g/mol. The van der Waals surface area contributed by atoms with Crippen LogP contribution in [0.15, 0.2) is 30.6 Å². The number of aromatic nitrogens is 4. The molecule has 132 valence electrons. The maximum absolute atomic E-state index is 6.08. The van der Waals surface area contributed by atoms with E-state index in [0.717, 1.165) is 24.2 Å².